The fourth-order valence-electron chi connectivity index (χ4n) is 3.18. The Hall–Kier alpha value is -1.34. The third kappa shape index (κ3) is 3.24. The van der Waals surface area contributed by atoms with Gasteiger partial charge < -0.3 is 4.90 Å². The normalized spacial score (nSPS) is 17.0. The molecule has 0 saturated heterocycles. The highest BCUT2D eigenvalue weighted by Gasteiger charge is 2.25. The average Bonchev–Trinajstić information content (AvgIpc) is 2.95. The van der Waals surface area contributed by atoms with Crippen molar-refractivity contribution in [1.29, 1.82) is 0 Å². The number of hydrogen-bond donors (Lipinski definition) is 1. The van der Waals surface area contributed by atoms with Crippen LogP contribution >= 0.6 is 34.7 Å². The second-order valence-corrected chi connectivity index (χ2v) is 8.95. The van der Waals surface area contributed by atoms with Gasteiger partial charge in [0.05, 0.1) is 23.9 Å². The van der Waals surface area contributed by atoms with Crippen molar-refractivity contribution in [1.82, 2.24) is 9.55 Å². The van der Waals surface area contributed by atoms with E-state index >= 15 is 0 Å². The Balaban J connectivity index is 1.69. The molecule has 0 aliphatic carbocycles. The lowest BCUT2D eigenvalue weighted by atomic mass is 10.1. The summed E-state index contributed by atoms with van der Waals surface area (Å²) in [6.45, 7) is 2.07. The zero-order valence-corrected chi connectivity index (χ0v) is 16.5. The van der Waals surface area contributed by atoms with Gasteiger partial charge in [-0.05, 0) is 23.3 Å². The Morgan fingerprint density at radius 3 is 2.88 bits per heavy atom. The minimum Gasteiger partial charge on any atom is -0.333 e. The van der Waals surface area contributed by atoms with Crippen LogP contribution in [0.1, 0.15) is 16.0 Å². The van der Waals surface area contributed by atoms with E-state index < -0.39 is 0 Å². The number of likely N-dealkylation sites (N-methyl/N-ethyl adjacent to an activating group) is 1. The highest BCUT2D eigenvalue weighted by molar-refractivity contribution is 7.98. The van der Waals surface area contributed by atoms with Crippen LogP contribution in [-0.4, -0.2) is 23.1 Å². The topological polar surface area (TPSA) is 39.3 Å². The van der Waals surface area contributed by atoms with Crippen molar-refractivity contribution in [3.63, 3.8) is 0 Å². The predicted octanol–water partition coefficient (Wildman–Crippen LogP) is 2.51. The summed E-state index contributed by atoms with van der Waals surface area (Å²) < 4.78 is 1.70. The molecule has 1 aliphatic rings. The number of nitrogens with zero attached hydrogens (tertiary/aromatic N) is 2. The van der Waals surface area contributed by atoms with E-state index in [9.17, 15) is 4.79 Å². The SMILES string of the molecule is Cn1c(SCc2ccc(Cl)cc2)nc2sc3c(c2c1=O)CC[NH+](C)C3. The maximum Gasteiger partial charge on any atom is 0.262 e. The number of fused-ring (bicyclic) bond motifs is 3. The highest BCUT2D eigenvalue weighted by Crippen LogP contribution is 2.31. The number of benzene rings is 1. The van der Waals surface area contributed by atoms with E-state index in [1.165, 1.54) is 20.9 Å². The Bertz CT molecular complexity index is 994. The van der Waals surface area contributed by atoms with Gasteiger partial charge in [0.1, 0.15) is 11.4 Å². The van der Waals surface area contributed by atoms with Gasteiger partial charge in [0.2, 0.25) is 0 Å². The van der Waals surface area contributed by atoms with E-state index in [0.29, 0.717) is 0 Å². The Labute approximate surface area is 159 Å². The van der Waals surface area contributed by atoms with Crippen LogP contribution < -0.4 is 10.5 Å². The number of thiophene rings is 1. The van der Waals surface area contributed by atoms with Gasteiger partial charge >= 0.3 is 0 Å². The zero-order valence-electron chi connectivity index (χ0n) is 14.1. The molecule has 0 amide bonds. The monoisotopic (exact) mass is 392 g/mol. The summed E-state index contributed by atoms with van der Waals surface area (Å²) in [5.74, 6) is 0.765. The van der Waals surface area contributed by atoms with Crippen molar-refractivity contribution >= 4 is 44.9 Å². The molecule has 7 heteroatoms. The molecule has 1 aliphatic heterocycles. The van der Waals surface area contributed by atoms with Crippen molar-refractivity contribution in [3.8, 4) is 0 Å². The van der Waals surface area contributed by atoms with Crippen LogP contribution in [0.15, 0.2) is 34.2 Å². The number of rotatable bonds is 3. The molecule has 25 heavy (non-hydrogen) atoms. The first-order chi connectivity index (χ1) is 12.0. The molecular formula is C18H19ClN3OS2+. The van der Waals surface area contributed by atoms with Crippen molar-refractivity contribution in [2.75, 3.05) is 13.6 Å². The maximum atomic E-state index is 12.9. The molecule has 0 spiro atoms. The van der Waals surface area contributed by atoms with Crippen LogP contribution in [0.2, 0.25) is 5.02 Å². The summed E-state index contributed by atoms with van der Waals surface area (Å²) in [5, 5.41) is 2.34. The van der Waals surface area contributed by atoms with E-state index in [0.717, 1.165) is 45.7 Å². The minimum atomic E-state index is 0.0839. The lowest BCUT2D eigenvalue weighted by molar-refractivity contribution is -0.895. The van der Waals surface area contributed by atoms with E-state index in [2.05, 4.69) is 7.05 Å². The molecular weight excluding hydrogens is 374 g/mol. The van der Waals surface area contributed by atoms with Gasteiger partial charge in [-0.2, -0.15) is 0 Å². The van der Waals surface area contributed by atoms with E-state index in [1.807, 2.05) is 31.3 Å². The smallest absolute Gasteiger partial charge is 0.262 e. The van der Waals surface area contributed by atoms with Gasteiger partial charge in [-0.1, -0.05) is 35.5 Å². The standard InChI is InChI=1S/C18H18ClN3OS2/c1-21-8-7-13-14(9-21)25-16-15(13)17(23)22(2)18(20-16)24-10-11-3-5-12(19)6-4-11/h3-6H,7-10H2,1-2H3/p+1. The quantitative estimate of drug-likeness (QED) is 0.550. The number of aromatic nitrogens is 2. The third-order valence-electron chi connectivity index (χ3n) is 4.62. The molecule has 1 unspecified atom stereocenters. The van der Waals surface area contributed by atoms with Crippen molar-refractivity contribution in [3.05, 3.63) is 55.6 Å². The summed E-state index contributed by atoms with van der Waals surface area (Å²) in [4.78, 5) is 21.4. The second-order valence-electron chi connectivity index (χ2n) is 6.49. The molecule has 0 radical (unpaired) electrons. The average molecular weight is 393 g/mol. The van der Waals surface area contributed by atoms with Gasteiger partial charge in [-0.15, -0.1) is 11.3 Å². The van der Waals surface area contributed by atoms with Gasteiger partial charge in [0.15, 0.2) is 5.16 Å². The van der Waals surface area contributed by atoms with E-state index in [1.54, 1.807) is 27.7 Å². The van der Waals surface area contributed by atoms with Gasteiger partial charge in [0, 0.05) is 24.2 Å². The predicted molar refractivity (Wildman–Crippen MR) is 105 cm³/mol. The van der Waals surface area contributed by atoms with Crippen molar-refractivity contribution in [2.45, 2.75) is 23.9 Å². The molecule has 1 atom stereocenters. The van der Waals surface area contributed by atoms with Gasteiger partial charge in [0.25, 0.3) is 5.56 Å². The van der Waals surface area contributed by atoms with Crippen molar-refractivity contribution in [2.24, 2.45) is 7.05 Å². The van der Waals surface area contributed by atoms with E-state index in [4.69, 9.17) is 16.6 Å². The number of hydrogen-bond acceptors (Lipinski definition) is 4. The molecule has 3 aromatic rings. The van der Waals surface area contributed by atoms with Crippen LogP contribution in [0.4, 0.5) is 0 Å². The Kier molecular flexibility index (Phi) is 4.62. The first-order valence-corrected chi connectivity index (χ1v) is 10.4. The zero-order chi connectivity index (χ0) is 17.6. The third-order valence-corrected chi connectivity index (χ3v) is 7.10. The van der Waals surface area contributed by atoms with E-state index in [-0.39, 0.29) is 5.56 Å². The molecule has 130 valence electrons. The fraction of sp³-hybridized carbons (Fsp3) is 0.333. The summed E-state index contributed by atoms with van der Waals surface area (Å²) in [6, 6.07) is 7.79. The number of quaternary nitrogens is 1. The van der Waals surface area contributed by atoms with Gasteiger partial charge in [-0.25, -0.2) is 4.98 Å². The summed E-state index contributed by atoms with van der Waals surface area (Å²) >= 11 is 9.21. The molecule has 3 heterocycles. The first kappa shape index (κ1) is 17.1. The van der Waals surface area contributed by atoms with Gasteiger partial charge in [-0.3, -0.25) is 9.36 Å². The largest absolute Gasteiger partial charge is 0.333 e. The summed E-state index contributed by atoms with van der Waals surface area (Å²) in [6.07, 6.45) is 0.968. The number of nitrogens with one attached hydrogen (secondary N) is 1. The lowest BCUT2D eigenvalue weighted by Crippen LogP contribution is -3.08. The molecule has 0 saturated carbocycles. The second kappa shape index (κ2) is 6.76. The fourth-order valence-corrected chi connectivity index (χ4v) is 5.61. The summed E-state index contributed by atoms with van der Waals surface area (Å²) in [7, 11) is 4.02. The lowest BCUT2D eigenvalue weighted by Gasteiger charge is -2.19. The molecule has 0 fully saturated rings. The Morgan fingerprint density at radius 1 is 1.36 bits per heavy atom. The molecule has 4 nitrogen and oxygen atoms in total. The molecule has 0 bridgehead atoms. The maximum absolute atomic E-state index is 12.9. The molecule has 1 aromatic carbocycles. The van der Waals surface area contributed by atoms with Crippen LogP contribution in [0.5, 0.6) is 0 Å². The first-order valence-electron chi connectivity index (χ1n) is 8.22. The Morgan fingerprint density at radius 2 is 2.12 bits per heavy atom. The molecule has 2 aromatic heterocycles. The van der Waals surface area contributed by atoms with Crippen LogP contribution in [0.25, 0.3) is 10.2 Å². The highest BCUT2D eigenvalue weighted by atomic mass is 35.5. The molecule has 1 N–H and O–H groups in total. The van der Waals surface area contributed by atoms with Crippen molar-refractivity contribution < 1.29 is 4.90 Å². The van der Waals surface area contributed by atoms with Crippen LogP contribution in [-0.2, 0) is 25.8 Å². The summed E-state index contributed by atoms with van der Waals surface area (Å²) in [5.41, 5.74) is 2.48. The number of thioether (sulfide) groups is 1. The minimum absolute atomic E-state index is 0.0839. The number of halogens is 1. The van der Waals surface area contributed by atoms with Crippen LogP contribution in [0.3, 0.4) is 0 Å². The molecule has 4 rings (SSSR count). The van der Waals surface area contributed by atoms with Crippen LogP contribution in [0, 0.1) is 0 Å².